The largest absolute Gasteiger partial charge is 0.332 e. The second-order valence-corrected chi connectivity index (χ2v) is 6.95. The summed E-state index contributed by atoms with van der Waals surface area (Å²) in [5, 5.41) is 0. The quantitative estimate of drug-likeness (QED) is 0.537. The van der Waals surface area contributed by atoms with E-state index in [9.17, 15) is 9.59 Å². The molecule has 0 saturated carbocycles. The van der Waals surface area contributed by atoms with E-state index in [0.717, 1.165) is 24.2 Å². The van der Waals surface area contributed by atoms with Crippen LogP contribution in [0.3, 0.4) is 0 Å². The number of benzene rings is 1. The lowest BCUT2D eigenvalue weighted by Crippen LogP contribution is -2.39. The second kappa shape index (κ2) is 6.99. The van der Waals surface area contributed by atoms with E-state index in [1.165, 1.54) is 9.13 Å². The predicted octanol–water partition coefficient (Wildman–Crippen LogP) is 2.58. The van der Waals surface area contributed by atoms with Gasteiger partial charge in [-0.15, -0.1) is 0 Å². The van der Waals surface area contributed by atoms with E-state index in [2.05, 4.69) is 16.5 Å². The van der Waals surface area contributed by atoms with Crippen molar-refractivity contribution < 1.29 is 0 Å². The summed E-state index contributed by atoms with van der Waals surface area (Å²) in [5.41, 5.74) is 2.22. The normalized spacial score (nSPS) is 12.0. The van der Waals surface area contributed by atoms with Crippen LogP contribution in [-0.4, -0.2) is 23.1 Å². The van der Waals surface area contributed by atoms with Crippen LogP contribution in [0, 0.1) is 6.92 Å². The fraction of sp³-hybridized carbons (Fsp3) is 0.286. The molecule has 0 aliphatic rings. The van der Waals surface area contributed by atoms with Gasteiger partial charge in [0.1, 0.15) is 0 Å². The van der Waals surface area contributed by atoms with Crippen molar-refractivity contribution in [2.24, 2.45) is 7.05 Å². The van der Waals surface area contributed by atoms with Crippen molar-refractivity contribution in [2.75, 3.05) is 0 Å². The van der Waals surface area contributed by atoms with Gasteiger partial charge < -0.3 is 4.57 Å². The lowest BCUT2D eigenvalue weighted by Gasteiger charge is -2.05. The number of fused-ring (bicyclic) bond motifs is 3. The molecule has 4 rings (SSSR count). The first-order valence-electron chi connectivity index (χ1n) is 9.42. The van der Waals surface area contributed by atoms with Crippen LogP contribution >= 0.6 is 0 Å². The van der Waals surface area contributed by atoms with E-state index in [-0.39, 0.29) is 17.8 Å². The van der Waals surface area contributed by atoms with E-state index in [1.54, 1.807) is 11.4 Å². The summed E-state index contributed by atoms with van der Waals surface area (Å²) in [5.74, 6) is 0.694. The summed E-state index contributed by atoms with van der Waals surface area (Å²) in [7, 11) is 1.66. The Morgan fingerprint density at radius 1 is 1.11 bits per heavy atom. The molecule has 0 bridgehead atoms. The predicted molar refractivity (Wildman–Crippen MR) is 111 cm³/mol. The Morgan fingerprint density at radius 3 is 2.57 bits per heavy atom. The SMILES string of the molecule is CCCn1c(C)cn2c3c(=O)n(C/C=C\c4ccccc4)c(=O)n(C)c3nc12. The van der Waals surface area contributed by atoms with E-state index >= 15 is 0 Å². The molecule has 0 fully saturated rings. The van der Waals surface area contributed by atoms with Crippen LogP contribution in [0.25, 0.3) is 23.0 Å². The highest BCUT2D eigenvalue weighted by Gasteiger charge is 2.19. The maximum Gasteiger partial charge on any atom is 0.332 e. The molecule has 0 radical (unpaired) electrons. The molecule has 3 aromatic heterocycles. The molecule has 0 unspecified atom stereocenters. The average Bonchev–Trinajstić information content (AvgIpc) is 3.20. The molecule has 0 aliphatic heterocycles. The number of rotatable bonds is 5. The van der Waals surface area contributed by atoms with Crippen LogP contribution in [0.15, 0.2) is 52.2 Å². The van der Waals surface area contributed by atoms with Crippen molar-refractivity contribution in [3.63, 3.8) is 0 Å². The van der Waals surface area contributed by atoms with Crippen molar-refractivity contribution in [3.05, 3.63) is 74.7 Å². The Bertz CT molecular complexity index is 1300. The Hall–Kier alpha value is -3.35. The summed E-state index contributed by atoms with van der Waals surface area (Å²) in [6.45, 7) is 5.12. The van der Waals surface area contributed by atoms with Crippen molar-refractivity contribution >= 4 is 23.0 Å². The van der Waals surface area contributed by atoms with Crippen LogP contribution in [0.5, 0.6) is 0 Å². The first kappa shape index (κ1) is 18.0. The Morgan fingerprint density at radius 2 is 1.86 bits per heavy atom. The monoisotopic (exact) mass is 377 g/mol. The van der Waals surface area contributed by atoms with E-state index in [1.807, 2.05) is 55.6 Å². The van der Waals surface area contributed by atoms with Crippen LogP contribution in [-0.2, 0) is 20.1 Å². The van der Waals surface area contributed by atoms with E-state index in [4.69, 9.17) is 0 Å². The van der Waals surface area contributed by atoms with Gasteiger partial charge in [0.05, 0.1) is 0 Å². The van der Waals surface area contributed by atoms with Gasteiger partial charge >= 0.3 is 5.69 Å². The van der Waals surface area contributed by atoms with E-state index in [0.29, 0.717) is 16.9 Å². The van der Waals surface area contributed by atoms with Gasteiger partial charge in [0.15, 0.2) is 11.2 Å². The van der Waals surface area contributed by atoms with Gasteiger partial charge in [0, 0.05) is 32.0 Å². The number of imidazole rings is 2. The summed E-state index contributed by atoms with van der Waals surface area (Å²) >= 11 is 0. The zero-order chi connectivity index (χ0) is 19.8. The molecule has 0 spiro atoms. The average molecular weight is 377 g/mol. The molecule has 0 saturated heterocycles. The third-order valence-corrected chi connectivity index (χ3v) is 4.99. The van der Waals surface area contributed by atoms with Crippen LogP contribution in [0.1, 0.15) is 24.6 Å². The summed E-state index contributed by atoms with van der Waals surface area (Å²) in [4.78, 5) is 30.5. The number of aryl methyl sites for hydroxylation is 3. The Kier molecular flexibility index (Phi) is 4.50. The molecule has 28 heavy (non-hydrogen) atoms. The Labute approximate surface area is 161 Å². The van der Waals surface area contributed by atoms with Crippen LogP contribution in [0.2, 0.25) is 0 Å². The van der Waals surface area contributed by atoms with E-state index < -0.39 is 0 Å². The van der Waals surface area contributed by atoms with Crippen LogP contribution < -0.4 is 11.2 Å². The molecule has 0 atom stereocenters. The molecule has 0 aliphatic carbocycles. The third kappa shape index (κ3) is 2.79. The minimum Gasteiger partial charge on any atom is -0.314 e. The fourth-order valence-corrected chi connectivity index (χ4v) is 3.57. The number of nitrogens with zero attached hydrogens (tertiary/aromatic N) is 5. The Balaban J connectivity index is 1.87. The molecule has 144 valence electrons. The summed E-state index contributed by atoms with van der Waals surface area (Å²) in [6.07, 6.45) is 6.61. The van der Waals surface area contributed by atoms with Crippen molar-refractivity contribution in [3.8, 4) is 0 Å². The summed E-state index contributed by atoms with van der Waals surface area (Å²) < 4.78 is 6.58. The van der Waals surface area contributed by atoms with Gasteiger partial charge in [-0.05, 0) is 18.9 Å². The standard InChI is InChI=1S/C21H23N5O2/c1-4-12-24-15(2)14-26-17-18(22-20(24)26)23(3)21(28)25(19(17)27)13-8-11-16-9-6-5-7-10-16/h5-11,14H,4,12-13H2,1-3H3/b11-8-. The molecule has 0 amide bonds. The van der Waals surface area contributed by atoms with Gasteiger partial charge in [0.25, 0.3) is 5.56 Å². The number of aromatic nitrogens is 5. The minimum absolute atomic E-state index is 0.207. The molecule has 3 heterocycles. The molecule has 1 aromatic carbocycles. The molecule has 0 N–H and O–H groups in total. The zero-order valence-electron chi connectivity index (χ0n) is 16.3. The first-order valence-corrected chi connectivity index (χ1v) is 9.42. The second-order valence-electron chi connectivity index (χ2n) is 6.95. The van der Waals surface area contributed by atoms with Gasteiger partial charge in [-0.3, -0.25) is 18.3 Å². The molecule has 7 nitrogen and oxygen atoms in total. The summed E-state index contributed by atoms with van der Waals surface area (Å²) in [6, 6.07) is 9.79. The number of allylic oxidation sites excluding steroid dienone is 1. The number of hydrogen-bond donors (Lipinski definition) is 0. The smallest absolute Gasteiger partial charge is 0.314 e. The van der Waals surface area contributed by atoms with Gasteiger partial charge in [-0.25, -0.2) is 4.79 Å². The minimum atomic E-state index is -0.366. The van der Waals surface area contributed by atoms with Gasteiger partial charge in [0.2, 0.25) is 5.78 Å². The van der Waals surface area contributed by atoms with Gasteiger partial charge in [-0.1, -0.05) is 49.4 Å². The highest BCUT2D eigenvalue weighted by molar-refractivity contribution is 5.75. The van der Waals surface area contributed by atoms with Gasteiger partial charge in [-0.2, -0.15) is 4.98 Å². The van der Waals surface area contributed by atoms with Crippen molar-refractivity contribution in [1.82, 2.24) is 23.1 Å². The zero-order valence-corrected chi connectivity index (χ0v) is 16.3. The third-order valence-electron chi connectivity index (χ3n) is 4.99. The maximum absolute atomic E-state index is 13.1. The van der Waals surface area contributed by atoms with Crippen LogP contribution in [0.4, 0.5) is 0 Å². The maximum atomic E-state index is 13.1. The fourth-order valence-electron chi connectivity index (χ4n) is 3.57. The molecular weight excluding hydrogens is 354 g/mol. The lowest BCUT2D eigenvalue weighted by atomic mass is 10.2. The molecular formula is C21H23N5O2. The highest BCUT2D eigenvalue weighted by atomic mass is 16.2. The first-order chi connectivity index (χ1) is 13.5. The number of hydrogen-bond acceptors (Lipinski definition) is 3. The van der Waals surface area contributed by atoms with Crippen molar-refractivity contribution in [1.29, 1.82) is 0 Å². The lowest BCUT2D eigenvalue weighted by molar-refractivity contribution is 0.666. The molecule has 4 aromatic rings. The molecule has 7 heteroatoms. The van der Waals surface area contributed by atoms with Crippen molar-refractivity contribution in [2.45, 2.75) is 33.4 Å². The topological polar surface area (TPSA) is 66.2 Å². The highest BCUT2D eigenvalue weighted by Crippen LogP contribution is 2.16.